The Morgan fingerprint density at radius 1 is 1.03 bits per heavy atom. The van der Waals surface area contributed by atoms with E-state index in [1.165, 1.54) is 19.1 Å². The van der Waals surface area contributed by atoms with Gasteiger partial charge in [0, 0.05) is 30.4 Å². The van der Waals surface area contributed by atoms with Crippen LogP contribution in [0.15, 0.2) is 60.7 Å². The molecule has 1 atom stereocenters. The topological polar surface area (TPSA) is 62.3 Å². The summed E-state index contributed by atoms with van der Waals surface area (Å²) in [6.07, 6.45) is 1.75. The molecule has 1 N–H and O–H groups in total. The fourth-order valence-electron chi connectivity index (χ4n) is 4.06. The lowest BCUT2D eigenvalue weighted by Crippen LogP contribution is -2.31. The van der Waals surface area contributed by atoms with E-state index in [0.29, 0.717) is 17.8 Å². The van der Waals surface area contributed by atoms with Crippen molar-refractivity contribution in [3.8, 4) is 11.1 Å². The average Bonchev–Trinajstić information content (AvgIpc) is 3.23. The zero-order valence-corrected chi connectivity index (χ0v) is 17.6. The Kier molecular flexibility index (Phi) is 5.80. The molecule has 1 aromatic heterocycles. The van der Waals surface area contributed by atoms with Gasteiger partial charge in [0.1, 0.15) is 5.82 Å². The van der Waals surface area contributed by atoms with Gasteiger partial charge in [-0.15, -0.1) is 0 Å². The number of anilines is 1. The highest BCUT2D eigenvalue weighted by Gasteiger charge is 2.32. The van der Waals surface area contributed by atoms with E-state index in [2.05, 4.69) is 5.32 Å². The van der Waals surface area contributed by atoms with Crippen molar-refractivity contribution >= 4 is 17.5 Å². The summed E-state index contributed by atoms with van der Waals surface area (Å²) in [7, 11) is 0. The maximum absolute atomic E-state index is 13.3. The van der Waals surface area contributed by atoms with Gasteiger partial charge in [-0.25, -0.2) is 4.39 Å². The van der Waals surface area contributed by atoms with Crippen molar-refractivity contribution in [2.24, 2.45) is 0 Å². The van der Waals surface area contributed by atoms with Crippen LogP contribution in [0.1, 0.15) is 47.6 Å². The second-order valence-electron chi connectivity index (χ2n) is 7.84. The molecule has 1 aliphatic heterocycles. The van der Waals surface area contributed by atoms with E-state index >= 15 is 0 Å². The number of nitrogens with one attached hydrogen (secondary N) is 1. The van der Waals surface area contributed by atoms with Gasteiger partial charge < -0.3 is 10.2 Å². The lowest BCUT2D eigenvalue weighted by atomic mass is 10.0. The Morgan fingerprint density at radius 2 is 1.74 bits per heavy atom. The van der Waals surface area contributed by atoms with Crippen molar-refractivity contribution < 1.29 is 14.0 Å². The largest absolute Gasteiger partial charge is 0.330 e. The number of pyridine rings is 1. The third-order valence-corrected chi connectivity index (χ3v) is 5.46. The first kappa shape index (κ1) is 20.7. The average molecular weight is 417 g/mol. The van der Waals surface area contributed by atoms with Crippen LogP contribution < -0.4 is 5.32 Å². The third-order valence-electron chi connectivity index (χ3n) is 5.46. The van der Waals surface area contributed by atoms with Gasteiger partial charge in [0.05, 0.1) is 11.7 Å². The highest BCUT2D eigenvalue weighted by molar-refractivity contribution is 5.96. The minimum Gasteiger partial charge on any atom is -0.330 e. The molecule has 0 bridgehead atoms. The molecule has 5 nitrogen and oxygen atoms in total. The van der Waals surface area contributed by atoms with Crippen LogP contribution in [-0.4, -0.2) is 28.2 Å². The molecular formula is C25H24FN3O2. The van der Waals surface area contributed by atoms with Gasteiger partial charge in [-0.1, -0.05) is 12.1 Å². The third kappa shape index (κ3) is 4.63. The van der Waals surface area contributed by atoms with Gasteiger partial charge in [-0.05, 0) is 79.4 Å². The van der Waals surface area contributed by atoms with Crippen molar-refractivity contribution in [1.29, 1.82) is 0 Å². The number of aromatic nitrogens is 1. The van der Waals surface area contributed by atoms with Crippen LogP contribution in [0.3, 0.4) is 0 Å². The molecule has 1 fully saturated rings. The minimum atomic E-state index is -0.271. The molecule has 4 rings (SSSR count). The maximum Gasteiger partial charge on any atom is 0.254 e. The van der Waals surface area contributed by atoms with E-state index < -0.39 is 0 Å². The summed E-state index contributed by atoms with van der Waals surface area (Å²) < 4.78 is 13.3. The number of aryl methyl sites for hydroxylation is 1. The fourth-order valence-corrected chi connectivity index (χ4v) is 4.06. The van der Waals surface area contributed by atoms with E-state index in [0.717, 1.165) is 35.4 Å². The smallest absolute Gasteiger partial charge is 0.254 e. The number of nitrogens with zero attached hydrogens (tertiary/aromatic N) is 2. The van der Waals surface area contributed by atoms with Crippen LogP contribution in [-0.2, 0) is 4.79 Å². The normalized spacial score (nSPS) is 15.7. The lowest BCUT2D eigenvalue weighted by Gasteiger charge is -2.25. The number of rotatable bonds is 4. The van der Waals surface area contributed by atoms with Gasteiger partial charge in [0.25, 0.3) is 5.91 Å². The SMILES string of the molecule is CC(=O)Nc1ccc(C(=O)N2CCCC2c2cc(-c3ccc(F)cc3)cc(C)n2)cc1. The van der Waals surface area contributed by atoms with Crippen LogP contribution in [0.5, 0.6) is 0 Å². The molecule has 1 unspecified atom stereocenters. The second-order valence-corrected chi connectivity index (χ2v) is 7.84. The molecule has 31 heavy (non-hydrogen) atoms. The number of amides is 2. The maximum atomic E-state index is 13.3. The molecular weight excluding hydrogens is 393 g/mol. The van der Waals surface area contributed by atoms with Crippen molar-refractivity contribution in [2.45, 2.75) is 32.7 Å². The van der Waals surface area contributed by atoms with Gasteiger partial charge in [0.2, 0.25) is 5.91 Å². The molecule has 0 aliphatic carbocycles. The van der Waals surface area contributed by atoms with E-state index in [4.69, 9.17) is 4.98 Å². The van der Waals surface area contributed by atoms with Crippen LogP contribution in [0.4, 0.5) is 10.1 Å². The summed E-state index contributed by atoms with van der Waals surface area (Å²) in [6.45, 7) is 4.04. The first-order chi connectivity index (χ1) is 14.9. The quantitative estimate of drug-likeness (QED) is 0.640. The molecule has 0 spiro atoms. The summed E-state index contributed by atoms with van der Waals surface area (Å²) in [5, 5.41) is 2.71. The molecule has 1 saturated heterocycles. The second kappa shape index (κ2) is 8.68. The highest BCUT2D eigenvalue weighted by Crippen LogP contribution is 2.34. The highest BCUT2D eigenvalue weighted by atomic mass is 19.1. The number of hydrogen-bond donors (Lipinski definition) is 1. The number of hydrogen-bond acceptors (Lipinski definition) is 3. The van der Waals surface area contributed by atoms with E-state index in [9.17, 15) is 14.0 Å². The Hall–Kier alpha value is -3.54. The molecule has 158 valence electrons. The molecule has 3 aromatic rings. The van der Waals surface area contributed by atoms with Gasteiger partial charge in [-0.2, -0.15) is 0 Å². The first-order valence-corrected chi connectivity index (χ1v) is 10.3. The summed E-state index contributed by atoms with van der Waals surface area (Å²) >= 11 is 0. The molecule has 6 heteroatoms. The Bertz CT molecular complexity index is 1110. The van der Waals surface area contributed by atoms with Gasteiger partial charge in [-0.3, -0.25) is 14.6 Å². The predicted octanol–water partition coefficient (Wildman–Crippen LogP) is 5.13. The predicted molar refractivity (Wildman–Crippen MR) is 118 cm³/mol. The zero-order valence-electron chi connectivity index (χ0n) is 17.6. The van der Waals surface area contributed by atoms with E-state index in [1.807, 2.05) is 24.0 Å². The summed E-state index contributed by atoms with van der Waals surface area (Å²) in [5.41, 5.74) is 4.81. The molecule has 0 radical (unpaired) electrons. The summed E-state index contributed by atoms with van der Waals surface area (Å²) in [4.78, 5) is 31.0. The van der Waals surface area contributed by atoms with Gasteiger partial charge in [0.15, 0.2) is 0 Å². The standard InChI is InChI=1S/C25H24FN3O2/c1-16-14-20(18-5-9-21(26)10-6-18)15-23(27-16)24-4-3-13-29(24)25(31)19-7-11-22(12-8-19)28-17(2)30/h5-12,14-15,24H,3-4,13H2,1-2H3,(H,28,30). The van der Waals surface area contributed by atoms with E-state index in [1.54, 1.807) is 36.4 Å². The first-order valence-electron chi connectivity index (χ1n) is 10.3. The van der Waals surface area contributed by atoms with Gasteiger partial charge >= 0.3 is 0 Å². The summed E-state index contributed by atoms with van der Waals surface area (Å²) in [6, 6.07) is 17.2. The van der Waals surface area contributed by atoms with Crippen molar-refractivity contribution in [3.05, 3.63) is 83.4 Å². The number of likely N-dealkylation sites (tertiary alicyclic amines) is 1. The van der Waals surface area contributed by atoms with Crippen molar-refractivity contribution in [1.82, 2.24) is 9.88 Å². The number of carbonyl (C=O) groups is 2. The Labute approximate surface area is 180 Å². The van der Waals surface area contributed by atoms with Crippen LogP contribution in [0.25, 0.3) is 11.1 Å². The van der Waals surface area contributed by atoms with Crippen molar-refractivity contribution in [2.75, 3.05) is 11.9 Å². The monoisotopic (exact) mass is 417 g/mol. The lowest BCUT2D eigenvalue weighted by molar-refractivity contribution is -0.114. The van der Waals surface area contributed by atoms with Crippen LogP contribution in [0.2, 0.25) is 0 Å². The molecule has 1 aliphatic rings. The summed E-state index contributed by atoms with van der Waals surface area (Å²) in [5.74, 6) is -0.475. The molecule has 2 heterocycles. The number of benzene rings is 2. The van der Waals surface area contributed by atoms with E-state index in [-0.39, 0.29) is 23.7 Å². The molecule has 2 amide bonds. The van der Waals surface area contributed by atoms with Crippen LogP contribution >= 0.6 is 0 Å². The minimum absolute atomic E-state index is 0.0523. The molecule has 2 aromatic carbocycles. The molecule has 0 saturated carbocycles. The fraction of sp³-hybridized carbons (Fsp3) is 0.240. The number of carbonyl (C=O) groups excluding carboxylic acids is 2. The van der Waals surface area contributed by atoms with Crippen molar-refractivity contribution in [3.63, 3.8) is 0 Å². The van der Waals surface area contributed by atoms with Crippen LogP contribution in [0, 0.1) is 12.7 Å². The Morgan fingerprint density at radius 3 is 2.42 bits per heavy atom. The Balaban J connectivity index is 1.60. The zero-order chi connectivity index (χ0) is 22.0. The number of halogens is 1.